The van der Waals surface area contributed by atoms with Crippen LogP contribution in [0.4, 0.5) is 0 Å². The number of ether oxygens (including phenoxy) is 3. The van der Waals surface area contributed by atoms with Crippen molar-refractivity contribution in [2.24, 2.45) is 0 Å². The number of rotatable bonds is 2. The van der Waals surface area contributed by atoms with E-state index in [4.69, 9.17) is 14.2 Å². The van der Waals surface area contributed by atoms with Crippen LogP contribution in [0, 0.1) is 6.92 Å². The largest absolute Gasteiger partial charge is 0.467 e. The van der Waals surface area contributed by atoms with Crippen molar-refractivity contribution in [3.05, 3.63) is 35.4 Å². The van der Waals surface area contributed by atoms with Gasteiger partial charge in [-0.15, -0.1) is 0 Å². The van der Waals surface area contributed by atoms with Crippen molar-refractivity contribution in [3.8, 4) is 0 Å². The van der Waals surface area contributed by atoms with Crippen LogP contribution in [0.5, 0.6) is 0 Å². The summed E-state index contributed by atoms with van der Waals surface area (Å²) in [4.78, 5) is 11.6. The van der Waals surface area contributed by atoms with Gasteiger partial charge in [0.25, 0.3) is 0 Å². The molecule has 0 aromatic heterocycles. The van der Waals surface area contributed by atoms with Crippen LogP contribution in [-0.2, 0) is 19.0 Å². The molecule has 19 heavy (non-hydrogen) atoms. The van der Waals surface area contributed by atoms with Crippen LogP contribution < -0.4 is 0 Å². The predicted molar refractivity (Wildman–Crippen MR) is 72.7 cm³/mol. The van der Waals surface area contributed by atoms with Gasteiger partial charge in [0, 0.05) is 0 Å². The zero-order chi connectivity index (χ0) is 14.4. The molecule has 1 aliphatic heterocycles. The van der Waals surface area contributed by atoms with E-state index in [1.807, 2.05) is 45.0 Å². The van der Waals surface area contributed by atoms with Crippen molar-refractivity contribution in [2.75, 3.05) is 7.11 Å². The van der Waals surface area contributed by atoms with Gasteiger partial charge in [0.05, 0.1) is 7.11 Å². The van der Waals surface area contributed by atoms with E-state index in [1.165, 1.54) is 7.11 Å². The second-order valence-corrected chi connectivity index (χ2v) is 4.06. The van der Waals surface area contributed by atoms with E-state index < -0.39 is 24.5 Å². The quantitative estimate of drug-likeness (QED) is 0.772. The van der Waals surface area contributed by atoms with Gasteiger partial charge in [-0.3, -0.25) is 0 Å². The van der Waals surface area contributed by atoms with Crippen LogP contribution in [0.15, 0.2) is 24.3 Å². The lowest BCUT2D eigenvalue weighted by molar-refractivity contribution is -0.153. The zero-order valence-corrected chi connectivity index (χ0v) is 12.2. The van der Waals surface area contributed by atoms with Crippen molar-refractivity contribution in [2.45, 2.75) is 46.2 Å². The van der Waals surface area contributed by atoms with Crippen LogP contribution in [0.1, 0.15) is 38.0 Å². The fourth-order valence-electron chi connectivity index (χ4n) is 2.03. The van der Waals surface area contributed by atoms with Crippen molar-refractivity contribution >= 4 is 5.97 Å². The smallest absolute Gasteiger partial charge is 0.338 e. The summed E-state index contributed by atoms with van der Waals surface area (Å²) in [6.45, 7) is 7.75. The first-order chi connectivity index (χ1) is 9.13. The van der Waals surface area contributed by atoms with Crippen LogP contribution >= 0.6 is 0 Å². The molecular weight excluding hydrogens is 244 g/mol. The van der Waals surface area contributed by atoms with Gasteiger partial charge in [0.1, 0.15) is 6.10 Å². The van der Waals surface area contributed by atoms with E-state index in [0.717, 1.165) is 11.1 Å². The minimum absolute atomic E-state index is 0.390. The predicted octanol–water partition coefficient (Wildman–Crippen LogP) is 3.00. The summed E-state index contributed by atoms with van der Waals surface area (Å²) in [5.41, 5.74) is 2.04. The molecule has 0 spiro atoms. The standard InChI is InChI=1S/C13H16O4.C2H6/c1-8-6-4-5-7-10(8)11-12(13(14)15-3)17-9(2)16-11;1-2/h4-7,9,11-12H,1-3H3;1-2H3. The van der Waals surface area contributed by atoms with Crippen LogP contribution in [0.2, 0.25) is 0 Å². The summed E-state index contributed by atoms with van der Waals surface area (Å²) in [5.74, 6) is -0.400. The molecule has 1 saturated heterocycles. The molecule has 3 unspecified atom stereocenters. The first kappa shape index (κ1) is 15.7. The lowest BCUT2D eigenvalue weighted by Gasteiger charge is -2.16. The number of aryl methyl sites for hydroxylation is 1. The molecule has 0 bridgehead atoms. The molecule has 0 aliphatic carbocycles. The van der Waals surface area contributed by atoms with Gasteiger partial charge in [-0.25, -0.2) is 4.79 Å². The molecule has 4 heteroatoms. The van der Waals surface area contributed by atoms with Gasteiger partial charge in [-0.2, -0.15) is 0 Å². The monoisotopic (exact) mass is 266 g/mol. The molecule has 106 valence electrons. The molecule has 0 amide bonds. The molecule has 1 heterocycles. The van der Waals surface area contributed by atoms with Gasteiger partial charge < -0.3 is 14.2 Å². The molecular formula is C15H22O4. The Bertz CT molecular complexity index is 416. The lowest BCUT2D eigenvalue weighted by atomic mass is 10.00. The lowest BCUT2D eigenvalue weighted by Crippen LogP contribution is -2.27. The molecule has 0 saturated carbocycles. The Balaban J connectivity index is 0.000000861. The molecule has 1 aromatic carbocycles. The summed E-state index contributed by atoms with van der Waals surface area (Å²) in [7, 11) is 1.35. The number of hydrogen-bond acceptors (Lipinski definition) is 4. The van der Waals surface area contributed by atoms with Crippen LogP contribution in [0.3, 0.4) is 0 Å². The molecule has 0 N–H and O–H groups in total. The molecule has 3 atom stereocenters. The first-order valence-corrected chi connectivity index (χ1v) is 6.57. The van der Waals surface area contributed by atoms with Gasteiger partial charge in [0.2, 0.25) is 0 Å². The molecule has 1 fully saturated rings. The molecule has 2 rings (SSSR count). The van der Waals surface area contributed by atoms with E-state index in [0.29, 0.717) is 0 Å². The third kappa shape index (κ3) is 3.55. The minimum Gasteiger partial charge on any atom is -0.467 e. The highest BCUT2D eigenvalue weighted by atomic mass is 16.7. The van der Waals surface area contributed by atoms with Crippen molar-refractivity contribution in [1.82, 2.24) is 0 Å². The minimum atomic E-state index is -0.684. The number of methoxy groups -OCH3 is 1. The van der Waals surface area contributed by atoms with E-state index >= 15 is 0 Å². The highest BCUT2D eigenvalue weighted by Gasteiger charge is 2.41. The van der Waals surface area contributed by atoms with Crippen molar-refractivity contribution in [1.29, 1.82) is 0 Å². The summed E-state index contributed by atoms with van der Waals surface area (Å²) in [6, 6.07) is 7.79. The molecule has 1 aromatic rings. The topological polar surface area (TPSA) is 44.8 Å². The summed E-state index contributed by atoms with van der Waals surface area (Å²) in [6.07, 6.45) is -1.47. The Morgan fingerprint density at radius 3 is 2.42 bits per heavy atom. The van der Waals surface area contributed by atoms with E-state index in [2.05, 4.69) is 0 Å². The Morgan fingerprint density at radius 2 is 1.84 bits per heavy atom. The van der Waals surface area contributed by atoms with E-state index in [9.17, 15) is 4.79 Å². The summed E-state index contributed by atoms with van der Waals surface area (Å²) < 4.78 is 15.8. The average molecular weight is 266 g/mol. The summed E-state index contributed by atoms with van der Waals surface area (Å²) in [5, 5.41) is 0. The van der Waals surface area contributed by atoms with Gasteiger partial charge in [-0.05, 0) is 25.0 Å². The highest BCUT2D eigenvalue weighted by molar-refractivity contribution is 5.76. The number of hydrogen-bond donors (Lipinski definition) is 0. The summed E-state index contributed by atoms with van der Waals surface area (Å²) >= 11 is 0. The number of benzene rings is 1. The average Bonchev–Trinajstić information content (AvgIpc) is 2.82. The van der Waals surface area contributed by atoms with Crippen LogP contribution in [0.25, 0.3) is 0 Å². The third-order valence-electron chi connectivity index (χ3n) is 2.88. The van der Waals surface area contributed by atoms with Crippen molar-refractivity contribution < 1.29 is 19.0 Å². The maximum atomic E-state index is 11.6. The number of carbonyl (C=O) groups is 1. The Kier molecular flexibility index (Phi) is 5.99. The first-order valence-electron chi connectivity index (χ1n) is 6.57. The maximum absolute atomic E-state index is 11.6. The fraction of sp³-hybridized carbons (Fsp3) is 0.533. The Hall–Kier alpha value is -1.39. The molecule has 4 nitrogen and oxygen atoms in total. The third-order valence-corrected chi connectivity index (χ3v) is 2.88. The van der Waals surface area contributed by atoms with Crippen molar-refractivity contribution in [3.63, 3.8) is 0 Å². The van der Waals surface area contributed by atoms with Gasteiger partial charge in [0.15, 0.2) is 12.4 Å². The maximum Gasteiger partial charge on any atom is 0.338 e. The number of carbonyl (C=O) groups excluding carboxylic acids is 1. The molecule has 1 aliphatic rings. The van der Waals surface area contributed by atoms with Gasteiger partial charge in [-0.1, -0.05) is 38.1 Å². The molecule has 0 radical (unpaired) electrons. The normalized spacial score (nSPS) is 25.4. The van der Waals surface area contributed by atoms with Gasteiger partial charge >= 0.3 is 5.97 Å². The van der Waals surface area contributed by atoms with E-state index in [-0.39, 0.29) is 0 Å². The number of esters is 1. The SMILES string of the molecule is CC.COC(=O)C1OC(C)OC1c1ccccc1C. The Morgan fingerprint density at radius 1 is 1.21 bits per heavy atom. The zero-order valence-electron chi connectivity index (χ0n) is 12.2. The van der Waals surface area contributed by atoms with Crippen LogP contribution in [-0.4, -0.2) is 25.5 Å². The second kappa shape index (κ2) is 7.26. The Labute approximate surface area is 114 Å². The fourth-order valence-corrected chi connectivity index (χ4v) is 2.03. The second-order valence-electron chi connectivity index (χ2n) is 4.06. The highest BCUT2D eigenvalue weighted by Crippen LogP contribution is 2.34. The van der Waals surface area contributed by atoms with E-state index in [1.54, 1.807) is 6.92 Å².